The quantitative estimate of drug-likeness (QED) is 0.571. The maximum absolute atomic E-state index is 11.4. The van der Waals surface area contributed by atoms with Crippen molar-refractivity contribution in [2.75, 3.05) is 0 Å². The minimum Gasteiger partial charge on any atom is -0.300 e. The molecule has 0 N–H and O–H groups in total. The van der Waals surface area contributed by atoms with E-state index < -0.39 is 0 Å². The lowest BCUT2D eigenvalue weighted by Gasteiger charge is -2.23. The molecule has 2 heteroatoms. The van der Waals surface area contributed by atoms with Crippen LogP contribution in [0.25, 0.3) is 0 Å². The molecule has 0 aromatic heterocycles. The highest BCUT2D eigenvalue weighted by molar-refractivity contribution is 5.80. The fourth-order valence-electron chi connectivity index (χ4n) is 2.84. The van der Waals surface area contributed by atoms with Crippen LogP contribution in [0.1, 0.15) is 19.8 Å². The predicted octanol–water partition coefficient (Wildman–Crippen LogP) is 1.93. The first-order valence-corrected chi connectivity index (χ1v) is 4.80. The molecule has 0 amide bonds. The number of hydrogen-bond donors (Lipinski definition) is 0. The second-order valence-corrected chi connectivity index (χ2v) is 4.11. The highest BCUT2D eigenvalue weighted by Crippen LogP contribution is 2.47. The average molecular weight is 175 g/mol. The SMILES string of the molecule is CC(=O)C1C2CC=CC1C(C#N)C2. The van der Waals surface area contributed by atoms with Gasteiger partial charge in [0, 0.05) is 11.8 Å². The van der Waals surface area contributed by atoms with Crippen molar-refractivity contribution >= 4 is 5.78 Å². The third-order valence-corrected chi connectivity index (χ3v) is 3.38. The van der Waals surface area contributed by atoms with Crippen LogP contribution < -0.4 is 0 Å². The van der Waals surface area contributed by atoms with Gasteiger partial charge >= 0.3 is 0 Å². The van der Waals surface area contributed by atoms with Crippen LogP contribution in [0.5, 0.6) is 0 Å². The van der Waals surface area contributed by atoms with Crippen LogP contribution in [0, 0.1) is 35.0 Å². The van der Waals surface area contributed by atoms with Crippen molar-refractivity contribution < 1.29 is 4.79 Å². The summed E-state index contributed by atoms with van der Waals surface area (Å²) in [6.45, 7) is 1.66. The molecule has 0 spiro atoms. The Hall–Kier alpha value is -1.10. The van der Waals surface area contributed by atoms with E-state index >= 15 is 0 Å². The van der Waals surface area contributed by atoms with Gasteiger partial charge in [-0.15, -0.1) is 0 Å². The lowest BCUT2D eigenvalue weighted by molar-refractivity contribution is -0.122. The monoisotopic (exact) mass is 175 g/mol. The smallest absolute Gasteiger partial charge is 0.133 e. The molecule has 4 atom stereocenters. The Balaban J connectivity index is 2.30. The van der Waals surface area contributed by atoms with E-state index in [4.69, 9.17) is 5.26 Å². The summed E-state index contributed by atoms with van der Waals surface area (Å²) in [6.07, 6.45) is 6.10. The minimum atomic E-state index is 0.0812. The standard InChI is InChI=1S/C11H13NO/c1-7(13)11-8-3-2-4-10(11)9(5-8)6-12/h2,4,8-11H,3,5H2,1H3. The molecule has 0 saturated heterocycles. The molecule has 2 aliphatic rings. The highest BCUT2D eigenvalue weighted by Gasteiger charge is 2.45. The molecule has 2 bridgehead atoms. The number of nitrogens with zero attached hydrogens (tertiary/aromatic N) is 1. The van der Waals surface area contributed by atoms with Crippen molar-refractivity contribution in [1.82, 2.24) is 0 Å². The van der Waals surface area contributed by atoms with Crippen molar-refractivity contribution in [2.45, 2.75) is 19.8 Å². The molecule has 1 saturated carbocycles. The number of Topliss-reactive ketones (excluding diaryl/α,β-unsaturated/α-hetero) is 1. The van der Waals surface area contributed by atoms with Crippen LogP contribution in [-0.2, 0) is 4.79 Å². The van der Waals surface area contributed by atoms with Crippen LogP contribution in [0.15, 0.2) is 12.2 Å². The van der Waals surface area contributed by atoms with E-state index in [1.807, 2.05) is 0 Å². The largest absolute Gasteiger partial charge is 0.300 e. The number of carbonyl (C=O) groups is 1. The molecule has 13 heavy (non-hydrogen) atoms. The summed E-state index contributed by atoms with van der Waals surface area (Å²) in [5.74, 6) is 1.13. The van der Waals surface area contributed by atoms with Gasteiger partial charge in [-0.3, -0.25) is 4.79 Å². The van der Waals surface area contributed by atoms with Crippen LogP contribution >= 0.6 is 0 Å². The maximum Gasteiger partial charge on any atom is 0.133 e. The third kappa shape index (κ3) is 1.19. The molecular formula is C11H13NO. The molecule has 1 fully saturated rings. The van der Waals surface area contributed by atoms with Gasteiger partial charge in [-0.25, -0.2) is 0 Å². The summed E-state index contributed by atoms with van der Waals surface area (Å²) in [5, 5.41) is 8.92. The molecule has 2 nitrogen and oxygen atoms in total. The molecule has 68 valence electrons. The molecule has 0 aromatic rings. The van der Waals surface area contributed by atoms with Crippen LogP contribution in [0.3, 0.4) is 0 Å². The summed E-state index contributed by atoms with van der Waals surface area (Å²) in [6, 6.07) is 2.32. The van der Waals surface area contributed by atoms with Gasteiger partial charge in [0.05, 0.1) is 12.0 Å². The summed E-state index contributed by atoms with van der Waals surface area (Å²) in [7, 11) is 0. The second-order valence-electron chi connectivity index (χ2n) is 4.11. The van der Waals surface area contributed by atoms with Gasteiger partial charge < -0.3 is 0 Å². The Morgan fingerprint density at radius 2 is 2.38 bits per heavy atom. The lowest BCUT2D eigenvalue weighted by Crippen LogP contribution is -2.25. The Kier molecular flexibility index (Phi) is 1.95. The number of carbonyl (C=O) groups excluding carboxylic acids is 1. The Labute approximate surface area is 78.2 Å². The van der Waals surface area contributed by atoms with E-state index in [-0.39, 0.29) is 23.5 Å². The van der Waals surface area contributed by atoms with Crippen molar-refractivity contribution in [3.63, 3.8) is 0 Å². The first kappa shape index (κ1) is 8.50. The summed E-state index contributed by atoms with van der Waals surface area (Å²) in [4.78, 5) is 11.4. The Bertz CT molecular complexity index is 300. The minimum absolute atomic E-state index is 0.0812. The van der Waals surface area contributed by atoms with E-state index in [1.165, 1.54) is 0 Å². The molecule has 2 rings (SSSR count). The van der Waals surface area contributed by atoms with Gasteiger partial charge in [0.2, 0.25) is 0 Å². The van der Waals surface area contributed by atoms with E-state index in [0.29, 0.717) is 5.92 Å². The fraction of sp³-hybridized carbons (Fsp3) is 0.636. The first-order chi connectivity index (χ1) is 6.24. The van der Waals surface area contributed by atoms with E-state index in [1.54, 1.807) is 6.92 Å². The normalized spacial score (nSPS) is 41.5. The van der Waals surface area contributed by atoms with Crippen LogP contribution in [0.4, 0.5) is 0 Å². The zero-order valence-corrected chi connectivity index (χ0v) is 7.73. The number of ketones is 1. The number of hydrogen-bond acceptors (Lipinski definition) is 2. The van der Waals surface area contributed by atoms with Crippen LogP contribution in [-0.4, -0.2) is 5.78 Å². The first-order valence-electron chi connectivity index (χ1n) is 4.80. The molecule has 4 unspecified atom stereocenters. The lowest BCUT2D eigenvalue weighted by atomic mass is 9.79. The molecule has 2 aliphatic carbocycles. The number of allylic oxidation sites excluding steroid dienone is 2. The second kappa shape index (κ2) is 2.99. The number of rotatable bonds is 1. The van der Waals surface area contributed by atoms with Gasteiger partial charge in [-0.1, -0.05) is 12.2 Å². The molecule has 0 heterocycles. The number of fused-ring (bicyclic) bond motifs is 2. The van der Waals surface area contributed by atoms with Crippen molar-refractivity contribution in [3.8, 4) is 6.07 Å². The zero-order chi connectivity index (χ0) is 9.42. The molecule has 0 aliphatic heterocycles. The molecule has 0 aromatic carbocycles. The van der Waals surface area contributed by atoms with Crippen LogP contribution in [0.2, 0.25) is 0 Å². The topological polar surface area (TPSA) is 40.9 Å². The fourth-order valence-corrected chi connectivity index (χ4v) is 2.84. The molecular weight excluding hydrogens is 162 g/mol. The maximum atomic E-state index is 11.4. The predicted molar refractivity (Wildman–Crippen MR) is 48.6 cm³/mol. The summed E-state index contributed by atoms with van der Waals surface area (Å²) >= 11 is 0. The van der Waals surface area contributed by atoms with Gasteiger partial charge in [-0.05, 0) is 25.7 Å². The van der Waals surface area contributed by atoms with E-state index in [0.717, 1.165) is 12.8 Å². The van der Waals surface area contributed by atoms with Crippen molar-refractivity contribution in [2.24, 2.45) is 23.7 Å². The molecule has 0 radical (unpaired) electrons. The van der Waals surface area contributed by atoms with Crippen molar-refractivity contribution in [3.05, 3.63) is 12.2 Å². The Morgan fingerprint density at radius 1 is 1.62 bits per heavy atom. The third-order valence-electron chi connectivity index (χ3n) is 3.38. The van der Waals surface area contributed by atoms with Crippen molar-refractivity contribution in [1.29, 1.82) is 5.26 Å². The van der Waals surface area contributed by atoms with Gasteiger partial charge in [0.25, 0.3) is 0 Å². The highest BCUT2D eigenvalue weighted by atomic mass is 16.1. The summed E-state index contributed by atoms with van der Waals surface area (Å²) in [5.41, 5.74) is 0. The van der Waals surface area contributed by atoms with E-state index in [2.05, 4.69) is 18.2 Å². The number of nitriles is 1. The Morgan fingerprint density at radius 3 is 2.92 bits per heavy atom. The van der Waals surface area contributed by atoms with E-state index in [9.17, 15) is 4.79 Å². The summed E-state index contributed by atoms with van der Waals surface area (Å²) < 4.78 is 0. The van der Waals surface area contributed by atoms with Gasteiger partial charge in [-0.2, -0.15) is 5.26 Å². The average Bonchev–Trinajstić information content (AvgIpc) is 2.33. The van der Waals surface area contributed by atoms with Gasteiger partial charge in [0.15, 0.2) is 0 Å². The van der Waals surface area contributed by atoms with Gasteiger partial charge in [0.1, 0.15) is 5.78 Å². The zero-order valence-electron chi connectivity index (χ0n) is 7.73.